The van der Waals surface area contributed by atoms with Crippen LogP contribution in [0, 0.1) is 5.92 Å². The maximum absolute atomic E-state index is 12.2. The summed E-state index contributed by atoms with van der Waals surface area (Å²) in [6, 6.07) is -2.27. The molecule has 3 atom stereocenters. The van der Waals surface area contributed by atoms with Gasteiger partial charge >= 0.3 is 17.9 Å². The molecule has 1 fully saturated rings. The van der Waals surface area contributed by atoms with E-state index in [0.29, 0.717) is 0 Å². The molecule has 0 unspecified atom stereocenters. The molecule has 2 N–H and O–H groups in total. The van der Waals surface area contributed by atoms with Crippen LogP contribution in [0.25, 0.3) is 0 Å². The van der Waals surface area contributed by atoms with Crippen LogP contribution < -0.4 is 10.6 Å². The first-order valence-corrected chi connectivity index (χ1v) is 7.16. The maximum Gasteiger partial charge on any atom is 0.329 e. The summed E-state index contributed by atoms with van der Waals surface area (Å²) in [5.41, 5.74) is 0. The van der Waals surface area contributed by atoms with E-state index in [0.717, 1.165) is 21.3 Å². The molecule has 10 heteroatoms. The highest BCUT2D eigenvalue weighted by Crippen LogP contribution is 2.16. The van der Waals surface area contributed by atoms with Crippen molar-refractivity contribution in [2.24, 2.45) is 5.92 Å². The largest absolute Gasteiger partial charge is 0.469 e. The second kappa shape index (κ2) is 8.85. The summed E-state index contributed by atoms with van der Waals surface area (Å²) in [7, 11) is 3.28. The Hall–Kier alpha value is -2.65. The Kier molecular flexibility index (Phi) is 7.15. The normalized spacial score (nSPS) is 18.8. The van der Waals surface area contributed by atoms with Gasteiger partial charge in [-0.1, -0.05) is 0 Å². The van der Waals surface area contributed by atoms with Crippen LogP contribution in [0.15, 0.2) is 0 Å². The molecule has 10 nitrogen and oxygen atoms in total. The Morgan fingerprint density at radius 3 is 2.21 bits per heavy atom. The summed E-state index contributed by atoms with van der Waals surface area (Å²) in [6.07, 6.45) is -0.0394. The minimum atomic E-state index is -1.45. The first-order chi connectivity index (χ1) is 11.3. The number of rotatable bonds is 7. The molecule has 0 radical (unpaired) electrons. The van der Waals surface area contributed by atoms with Crippen LogP contribution in [0.3, 0.4) is 0 Å². The summed E-state index contributed by atoms with van der Waals surface area (Å²) < 4.78 is 13.7. The van der Waals surface area contributed by atoms with Gasteiger partial charge in [0.15, 0.2) is 0 Å². The molecular weight excluding hydrogens is 324 g/mol. The van der Waals surface area contributed by atoms with Crippen molar-refractivity contribution in [3.63, 3.8) is 0 Å². The highest BCUT2D eigenvalue weighted by Gasteiger charge is 2.40. The Labute approximate surface area is 138 Å². The van der Waals surface area contributed by atoms with Gasteiger partial charge in [0.25, 0.3) is 0 Å². The highest BCUT2D eigenvalue weighted by molar-refractivity contribution is 5.95. The molecule has 0 aromatic heterocycles. The second-order valence-corrected chi connectivity index (χ2v) is 5.08. The minimum absolute atomic E-state index is 0.184. The van der Waals surface area contributed by atoms with E-state index in [9.17, 15) is 24.0 Å². The van der Waals surface area contributed by atoms with E-state index in [-0.39, 0.29) is 18.7 Å². The Morgan fingerprint density at radius 2 is 1.75 bits per heavy atom. The monoisotopic (exact) mass is 344 g/mol. The molecule has 0 aliphatic carbocycles. The van der Waals surface area contributed by atoms with Crippen LogP contribution in [0.4, 0.5) is 0 Å². The van der Waals surface area contributed by atoms with Crippen molar-refractivity contribution in [2.75, 3.05) is 21.3 Å². The number of esters is 3. The zero-order valence-corrected chi connectivity index (χ0v) is 13.6. The number of carbonyl (C=O) groups is 5. The molecule has 1 saturated heterocycles. The van der Waals surface area contributed by atoms with Gasteiger partial charge in [0.05, 0.1) is 33.7 Å². The van der Waals surface area contributed by atoms with Gasteiger partial charge in [-0.05, 0) is 6.42 Å². The molecular formula is C14H20N2O8. The standard InChI is InChI=1S/C14H20N2O8/c1-22-10(18)6-7(13(20)23-2)11(14(21)24-3)16-12(19)8-4-5-9(17)15-8/h7-8,11H,4-6H2,1-3H3,(H,15,17)(H,16,19)/t7-,8+,11-/m1/s1. The molecule has 0 spiro atoms. The van der Waals surface area contributed by atoms with E-state index >= 15 is 0 Å². The van der Waals surface area contributed by atoms with Gasteiger partial charge in [0.2, 0.25) is 11.8 Å². The summed E-state index contributed by atoms with van der Waals surface area (Å²) in [6.45, 7) is 0. The van der Waals surface area contributed by atoms with Crippen molar-refractivity contribution in [3.05, 3.63) is 0 Å². The number of carbonyl (C=O) groups excluding carboxylic acids is 5. The minimum Gasteiger partial charge on any atom is -0.469 e. The smallest absolute Gasteiger partial charge is 0.329 e. The number of hydrogen-bond acceptors (Lipinski definition) is 8. The number of amides is 2. The Bertz CT molecular complexity index is 533. The molecule has 1 rings (SSSR count). The van der Waals surface area contributed by atoms with Crippen molar-refractivity contribution < 1.29 is 38.2 Å². The first-order valence-electron chi connectivity index (χ1n) is 7.16. The third-order valence-corrected chi connectivity index (χ3v) is 3.59. The number of hydrogen-bond donors (Lipinski definition) is 2. The zero-order valence-electron chi connectivity index (χ0n) is 13.6. The van der Waals surface area contributed by atoms with Gasteiger partial charge < -0.3 is 24.8 Å². The van der Waals surface area contributed by atoms with E-state index < -0.39 is 48.2 Å². The van der Waals surface area contributed by atoms with Gasteiger partial charge in [-0.15, -0.1) is 0 Å². The Balaban J connectivity index is 2.96. The molecule has 1 aliphatic rings. The molecule has 24 heavy (non-hydrogen) atoms. The van der Waals surface area contributed by atoms with E-state index in [1.165, 1.54) is 0 Å². The molecule has 1 aliphatic heterocycles. The first kappa shape index (κ1) is 19.4. The van der Waals surface area contributed by atoms with Crippen molar-refractivity contribution in [2.45, 2.75) is 31.3 Å². The lowest BCUT2D eigenvalue weighted by molar-refractivity contribution is -0.159. The molecule has 134 valence electrons. The SMILES string of the molecule is COC(=O)C[C@@H](C(=O)OC)[C@@H](NC(=O)[C@@H]1CCC(=O)N1)C(=O)OC. The fraction of sp³-hybridized carbons (Fsp3) is 0.643. The van der Waals surface area contributed by atoms with E-state index in [1.54, 1.807) is 0 Å². The van der Waals surface area contributed by atoms with E-state index in [1.807, 2.05) is 0 Å². The lowest BCUT2D eigenvalue weighted by atomic mass is 9.95. The number of methoxy groups -OCH3 is 3. The third kappa shape index (κ3) is 4.93. The number of nitrogens with one attached hydrogen (secondary N) is 2. The molecule has 0 aromatic rings. The van der Waals surface area contributed by atoms with Crippen LogP contribution in [-0.4, -0.2) is 63.1 Å². The predicted octanol–water partition coefficient (Wildman–Crippen LogP) is -1.72. The van der Waals surface area contributed by atoms with Crippen molar-refractivity contribution >= 4 is 29.7 Å². The second-order valence-electron chi connectivity index (χ2n) is 5.08. The van der Waals surface area contributed by atoms with Gasteiger partial charge in [-0.3, -0.25) is 19.2 Å². The lowest BCUT2D eigenvalue weighted by Gasteiger charge is -2.24. The fourth-order valence-electron chi connectivity index (χ4n) is 2.27. The van der Waals surface area contributed by atoms with Crippen LogP contribution in [0.2, 0.25) is 0 Å². The van der Waals surface area contributed by atoms with E-state index in [2.05, 4.69) is 24.8 Å². The molecule has 0 bridgehead atoms. The summed E-state index contributed by atoms with van der Waals surface area (Å²) in [4.78, 5) is 58.8. The van der Waals surface area contributed by atoms with Gasteiger partial charge in [-0.25, -0.2) is 4.79 Å². The third-order valence-electron chi connectivity index (χ3n) is 3.59. The fourth-order valence-corrected chi connectivity index (χ4v) is 2.27. The van der Waals surface area contributed by atoms with Crippen molar-refractivity contribution in [3.8, 4) is 0 Å². The predicted molar refractivity (Wildman–Crippen MR) is 77.3 cm³/mol. The van der Waals surface area contributed by atoms with Crippen molar-refractivity contribution in [1.29, 1.82) is 0 Å². The van der Waals surface area contributed by atoms with E-state index in [4.69, 9.17) is 0 Å². The topological polar surface area (TPSA) is 137 Å². The quantitative estimate of drug-likeness (QED) is 0.411. The summed E-state index contributed by atoms with van der Waals surface area (Å²) >= 11 is 0. The van der Waals surface area contributed by atoms with Crippen LogP contribution in [-0.2, 0) is 38.2 Å². The van der Waals surface area contributed by atoms with Gasteiger partial charge in [0.1, 0.15) is 12.1 Å². The molecule has 2 amide bonds. The Morgan fingerprint density at radius 1 is 1.12 bits per heavy atom. The lowest BCUT2D eigenvalue weighted by Crippen LogP contribution is -2.54. The molecule has 1 heterocycles. The van der Waals surface area contributed by atoms with Crippen LogP contribution in [0.5, 0.6) is 0 Å². The summed E-state index contributed by atoms with van der Waals surface area (Å²) in [5.74, 6) is -4.84. The maximum atomic E-state index is 12.2. The van der Waals surface area contributed by atoms with Gasteiger partial charge in [0, 0.05) is 6.42 Å². The summed E-state index contributed by atoms with van der Waals surface area (Å²) in [5, 5.41) is 4.78. The average molecular weight is 344 g/mol. The molecule has 0 aromatic carbocycles. The average Bonchev–Trinajstić information content (AvgIpc) is 3.02. The van der Waals surface area contributed by atoms with Gasteiger partial charge in [-0.2, -0.15) is 0 Å². The van der Waals surface area contributed by atoms with Crippen LogP contribution in [0.1, 0.15) is 19.3 Å². The number of ether oxygens (including phenoxy) is 3. The highest BCUT2D eigenvalue weighted by atomic mass is 16.5. The van der Waals surface area contributed by atoms with Crippen LogP contribution >= 0.6 is 0 Å². The zero-order chi connectivity index (χ0) is 18.3. The van der Waals surface area contributed by atoms with Crippen molar-refractivity contribution in [1.82, 2.24) is 10.6 Å². The molecule has 0 saturated carbocycles.